The fraction of sp³-hybridized carbons (Fsp3) is 0.214. The van der Waals surface area contributed by atoms with Crippen LogP contribution in [0.2, 0.25) is 0 Å². The second-order valence-corrected chi connectivity index (χ2v) is 9.47. The number of nitrogens with zero attached hydrogens (tertiary/aromatic N) is 4. The van der Waals surface area contributed by atoms with Gasteiger partial charge in [0.15, 0.2) is 0 Å². The predicted octanol–water partition coefficient (Wildman–Crippen LogP) is 2.79. The summed E-state index contributed by atoms with van der Waals surface area (Å²) in [6, 6.07) is 12.6. The smallest absolute Gasteiger partial charge is 0.274 e. The zero-order valence-corrected chi connectivity index (χ0v) is 20.5. The molecule has 0 saturated carbocycles. The molecule has 3 atom stereocenters. The topological polar surface area (TPSA) is 114 Å². The first-order valence-electron chi connectivity index (χ1n) is 12.3. The number of allylic oxidation sites excluding steroid dienone is 2. The number of aliphatic hydroxyl groups excluding tert-OH is 1. The second-order valence-electron chi connectivity index (χ2n) is 9.47. The molecule has 2 amide bonds. The summed E-state index contributed by atoms with van der Waals surface area (Å²) in [5, 5.41) is 20.2. The molecule has 0 fully saturated rings. The molecule has 3 unspecified atom stereocenters. The van der Waals surface area contributed by atoms with Crippen LogP contribution >= 0.6 is 0 Å². The van der Waals surface area contributed by atoms with Gasteiger partial charge in [0.1, 0.15) is 17.5 Å². The van der Waals surface area contributed by atoms with E-state index >= 15 is 0 Å². The van der Waals surface area contributed by atoms with E-state index in [1.165, 1.54) is 18.3 Å². The Hall–Kier alpha value is -4.57. The summed E-state index contributed by atoms with van der Waals surface area (Å²) in [7, 11) is 1.84. The van der Waals surface area contributed by atoms with Gasteiger partial charge in [-0.15, -0.1) is 0 Å². The van der Waals surface area contributed by atoms with Gasteiger partial charge >= 0.3 is 0 Å². The van der Waals surface area contributed by atoms with E-state index in [-0.39, 0.29) is 23.4 Å². The third-order valence-corrected chi connectivity index (χ3v) is 7.09. The fourth-order valence-electron chi connectivity index (χ4n) is 5.06. The number of rotatable bonds is 5. The summed E-state index contributed by atoms with van der Waals surface area (Å²) < 4.78 is 18.1. The number of pyridine rings is 1. The van der Waals surface area contributed by atoms with Crippen LogP contribution in [-0.4, -0.2) is 48.3 Å². The Morgan fingerprint density at radius 2 is 2.00 bits per heavy atom. The number of alkyl halides is 1. The minimum atomic E-state index is -1.47. The van der Waals surface area contributed by atoms with Gasteiger partial charge < -0.3 is 15.7 Å². The normalized spacial score (nSPS) is 20.6. The molecular weight excluding hydrogens is 487 g/mol. The molecule has 3 aromatic heterocycles. The van der Waals surface area contributed by atoms with Crippen molar-refractivity contribution in [2.24, 2.45) is 7.05 Å². The Bertz CT molecular complexity index is 1630. The summed E-state index contributed by atoms with van der Waals surface area (Å²) in [5.41, 5.74) is 4.59. The third kappa shape index (κ3) is 4.18. The van der Waals surface area contributed by atoms with Gasteiger partial charge in [-0.05, 0) is 41.8 Å². The van der Waals surface area contributed by atoms with E-state index in [0.29, 0.717) is 12.1 Å². The van der Waals surface area contributed by atoms with Crippen molar-refractivity contribution in [1.82, 2.24) is 29.8 Å². The molecule has 6 rings (SSSR count). The first kappa shape index (κ1) is 23.8. The Balaban J connectivity index is 1.17. The van der Waals surface area contributed by atoms with Crippen LogP contribution in [0.5, 0.6) is 0 Å². The summed E-state index contributed by atoms with van der Waals surface area (Å²) in [4.78, 5) is 30.4. The molecule has 0 bridgehead atoms. The van der Waals surface area contributed by atoms with Crippen molar-refractivity contribution in [3.05, 3.63) is 101 Å². The van der Waals surface area contributed by atoms with Crippen molar-refractivity contribution < 1.29 is 19.1 Å². The number of carbonyl (C=O) groups excluding carboxylic acids is 2. The first-order chi connectivity index (χ1) is 18.4. The van der Waals surface area contributed by atoms with Gasteiger partial charge in [-0.3, -0.25) is 18.7 Å². The third-order valence-electron chi connectivity index (χ3n) is 7.09. The lowest BCUT2D eigenvalue weighted by Gasteiger charge is -2.21. The Kier molecular flexibility index (Phi) is 5.88. The number of aryl methyl sites for hydroxylation is 1. The van der Waals surface area contributed by atoms with Gasteiger partial charge in [0, 0.05) is 37.0 Å². The lowest BCUT2D eigenvalue weighted by atomic mass is 10.0. The fourth-order valence-corrected chi connectivity index (χ4v) is 5.06. The zero-order chi connectivity index (χ0) is 26.4. The maximum Gasteiger partial charge on any atom is 0.274 e. The van der Waals surface area contributed by atoms with E-state index in [1.807, 2.05) is 49.5 Å². The maximum atomic E-state index is 14.8. The highest BCUT2D eigenvalue weighted by Crippen LogP contribution is 2.31. The molecule has 38 heavy (non-hydrogen) atoms. The lowest BCUT2D eigenvalue weighted by Crippen LogP contribution is -2.39. The maximum absolute atomic E-state index is 14.8. The number of imidazole rings is 1. The van der Waals surface area contributed by atoms with Crippen LogP contribution in [-0.2, 0) is 18.3 Å². The molecule has 9 nitrogen and oxygen atoms in total. The minimum absolute atomic E-state index is 0.000591. The second kappa shape index (κ2) is 9.38. The molecule has 0 spiro atoms. The number of aliphatic hydroxyl groups is 1. The molecule has 0 saturated heterocycles. The first-order valence-corrected chi connectivity index (χ1v) is 12.3. The van der Waals surface area contributed by atoms with Gasteiger partial charge in [-0.1, -0.05) is 30.3 Å². The highest BCUT2D eigenvalue weighted by atomic mass is 19.1. The van der Waals surface area contributed by atoms with E-state index < -0.39 is 30.1 Å². The predicted molar refractivity (Wildman–Crippen MR) is 138 cm³/mol. The summed E-state index contributed by atoms with van der Waals surface area (Å²) in [5.74, 6) is -0.971. The summed E-state index contributed by atoms with van der Waals surface area (Å²) in [6.45, 7) is 0. The average Bonchev–Trinajstić information content (AvgIpc) is 3.62. The van der Waals surface area contributed by atoms with Crippen molar-refractivity contribution in [3.63, 3.8) is 0 Å². The molecule has 0 radical (unpaired) electrons. The molecule has 3 N–H and O–H groups in total. The lowest BCUT2D eigenvalue weighted by molar-refractivity contribution is -0.118. The van der Waals surface area contributed by atoms with Gasteiger partial charge in [-0.2, -0.15) is 5.10 Å². The van der Waals surface area contributed by atoms with Gasteiger partial charge in [0.05, 0.1) is 29.7 Å². The van der Waals surface area contributed by atoms with Crippen molar-refractivity contribution in [2.75, 3.05) is 0 Å². The number of carbonyl (C=O) groups is 2. The number of halogens is 1. The number of nitrogens with one attached hydrogen (secondary N) is 2. The van der Waals surface area contributed by atoms with Gasteiger partial charge in [0.25, 0.3) is 11.8 Å². The van der Waals surface area contributed by atoms with Gasteiger partial charge in [0.2, 0.25) is 0 Å². The van der Waals surface area contributed by atoms with Crippen molar-refractivity contribution >= 4 is 17.5 Å². The van der Waals surface area contributed by atoms with E-state index in [9.17, 15) is 19.1 Å². The van der Waals surface area contributed by atoms with Crippen LogP contribution in [0.15, 0.2) is 84.5 Å². The van der Waals surface area contributed by atoms with Crippen molar-refractivity contribution in [2.45, 2.75) is 31.2 Å². The Morgan fingerprint density at radius 3 is 2.79 bits per heavy atom. The standard InChI is InChI=1S/C28H25FN6O3/c1-34-23(8-10-31-34)17-9-11-35-24(15-30-25(35)14-17)28(38)32-21-13-18(6-7-20(21)29)27(37)33-22-12-16-4-2-3-5-19(16)26(22)36/h2-6,8-11,13-15,20,22,26,36H,7,12H2,1H3,(H,32,38)(H,33,37). The van der Waals surface area contributed by atoms with Crippen molar-refractivity contribution in [1.29, 1.82) is 0 Å². The highest BCUT2D eigenvalue weighted by molar-refractivity contribution is 5.98. The molecule has 0 aliphatic heterocycles. The van der Waals surface area contributed by atoms with E-state index in [0.717, 1.165) is 22.4 Å². The number of hydrogen-bond acceptors (Lipinski definition) is 5. The molecule has 1 aromatic carbocycles. The molecule has 4 aromatic rings. The van der Waals surface area contributed by atoms with E-state index in [1.54, 1.807) is 21.5 Å². The molecule has 192 valence electrons. The summed E-state index contributed by atoms with van der Waals surface area (Å²) in [6.07, 6.45) is 5.88. The minimum Gasteiger partial charge on any atom is -0.386 e. The molecule has 3 heterocycles. The molecule has 2 aliphatic carbocycles. The van der Waals surface area contributed by atoms with Crippen molar-refractivity contribution in [3.8, 4) is 11.3 Å². The number of amides is 2. The largest absolute Gasteiger partial charge is 0.386 e. The average molecular weight is 513 g/mol. The van der Waals surface area contributed by atoms with Crippen LogP contribution in [0.4, 0.5) is 4.39 Å². The quantitative estimate of drug-likeness (QED) is 0.381. The van der Waals surface area contributed by atoms with Crippen LogP contribution in [0.25, 0.3) is 16.9 Å². The Morgan fingerprint density at radius 1 is 1.16 bits per heavy atom. The SMILES string of the molecule is Cn1nccc1-c1ccn2c(C(=O)NC3=CC(C(=O)NC4Cc5ccccc5C4O)=CCC3F)cnc2c1. The molecule has 10 heteroatoms. The van der Waals surface area contributed by atoms with Crippen LogP contribution in [0.3, 0.4) is 0 Å². The van der Waals surface area contributed by atoms with E-state index in [4.69, 9.17) is 0 Å². The number of hydrogen-bond donors (Lipinski definition) is 3. The van der Waals surface area contributed by atoms with Crippen LogP contribution in [0, 0.1) is 0 Å². The van der Waals surface area contributed by atoms with Gasteiger partial charge in [-0.25, -0.2) is 9.37 Å². The van der Waals surface area contributed by atoms with Crippen LogP contribution in [0.1, 0.15) is 34.1 Å². The van der Waals surface area contributed by atoms with Crippen LogP contribution < -0.4 is 10.6 Å². The number of benzene rings is 1. The van der Waals surface area contributed by atoms with E-state index in [2.05, 4.69) is 20.7 Å². The number of aromatic nitrogens is 4. The Labute approximate surface area is 217 Å². The highest BCUT2D eigenvalue weighted by Gasteiger charge is 2.33. The number of fused-ring (bicyclic) bond motifs is 2. The molecular formula is C28H25FN6O3. The monoisotopic (exact) mass is 512 g/mol. The molecule has 2 aliphatic rings. The summed E-state index contributed by atoms with van der Waals surface area (Å²) >= 11 is 0. The zero-order valence-electron chi connectivity index (χ0n) is 20.5.